The van der Waals surface area contributed by atoms with Crippen LogP contribution in [0.1, 0.15) is 28.6 Å². The van der Waals surface area contributed by atoms with Gasteiger partial charge in [-0.3, -0.25) is 9.69 Å². The Balaban J connectivity index is 1.47. The van der Waals surface area contributed by atoms with Crippen LogP contribution in [0.5, 0.6) is 0 Å². The fourth-order valence-electron chi connectivity index (χ4n) is 4.18. The molecule has 1 amide bonds. The average molecular weight is 406 g/mol. The van der Waals surface area contributed by atoms with Crippen molar-refractivity contribution >= 4 is 23.1 Å². The van der Waals surface area contributed by atoms with Crippen molar-refractivity contribution in [2.75, 3.05) is 24.5 Å². The SMILES string of the molecule is C[C@@H]1CN(CCc2ccccc2)CC[C@H]1N(C(=O)c1cccs1)c1ccccn1. The number of amides is 1. The zero-order valence-corrected chi connectivity index (χ0v) is 17.6. The highest BCUT2D eigenvalue weighted by Crippen LogP contribution is 2.28. The van der Waals surface area contributed by atoms with Crippen LogP contribution in [0.3, 0.4) is 0 Å². The number of hydrogen-bond donors (Lipinski definition) is 0. The number of aromatic nitrogens is 1. The van der Waals surface area contributed by atoms with Gasteiger partial charge in [0.1, 0.15) is 5.82 Å². The van der Waals surface area contributed by atoms with E-state index in [-0.39, 0.29) is 11.9 Å². The first-order valence-corrected chi connectivity index (χ1v) is 11.1. The molecular formula is C24H27N3OS. The van der Waals surface area contributed by atoms with Crippen LogP contribution in [0, 0.1) is 5.92 Å². The lowest BCUT2D eigenvalue weighted by Crippen LogP contribution is -2.52. The number of benzene rings is 1. The molecule has 3 heterocycles. The quantitative estimate of drug-likeness (QED) is 0.594. The highest BCUT2D eigenvalue weighted by molar-refractivity contribution is 7.12. The normalized spacial score (nSPS) is 19.8. The van der Waals surface area contributed by atoms with Crippen LogP contribution in [0.25, 0.3) is 0 Å². The van der Waals surface area contributed by atoms with Gasteiger partial charge in [0, 0.05) is 31.9 Å². The molecule has 1 saturated heterocycles. The van der Waals surface area contributed by atoms with E-state index in [0.717, 1.165) is 43.2 Å². The summed E-state index contributed by atoms with van der Waals surface area (Å²) in [4.78, 5) is 23.1. The van der Waals surface area contributed by atoms with E-state index in [1.807, 2.05) is 40.6 Å². The molecule has 1 fully saturated rings. The number of pyridine rings is 1. The number of nitrogens with zero attached hydrogens (tertiary/aromatic N) is 3. The molecule has 4 nitrogen and oxygen atoms in total. The Morgan fingerprint density at radius 3 is 2.66 bits per heavy atom. The molecule has 1 aliphatic heterocycles. The van der Waals surface area contributed by atoms with Crippen molar-refractivity contribution in [3.05, 3.63) is 82.7 Å². The maximum atomic E-state index is 13.3. The second kappa shape index (κ2) is 9.33. The number of carbonyl (C=O) groups is 1. The minimum Gasteiger partial charge on any atom is -0.303 e. The van der Waals surface area contributed by atoms with Crippen LogP contribution in [-0.4, -0.2) is 41.5 Å². The molecule has 5 heteroatoms. The Bertz CT molecular complexity index is 898. The van der Waals surface area contributed by atoms with Crippen LogP contribution in [0.2, 0.25) is 0 Å². The summed E-state index contributed by atoms with van der Waals surface area (Å²) in [7, 11) is 0. The number of rotatable bonds is 6. The lowest BCUT2D eigenvalue weighted by atomic mass is 9.91. The second-order valence-electron chi connectivity index (χ2n) is 7.71. The third kappa shape index (κ3) is 4.74. The van der Waals surface area contributed by atoms with Crippen molar-refractivity contribution in [1.29, 1.82) is 0 Å². The van der Waals surface area contributed by atoms with Crippen LogP contribution < -0.4 is 4.90 Å². The summed E-state index contributed by atoms with van der Waals surface area (Å²) in [5.41, 5.74) is 1.38. The molecule has 0 spiro atoms. The fourth-order valence-corrected chi connectivity index (χ4v) is 4.84. The van der Waals surface area contributed by atoms with Crippen LogP contribution in [-0.2, 0) is 6.42 Å². The van der Waals surface area contributed by atoms with Gasteiger partial charge in [0.05, 0.1) is 4.88 Å². The molecule has 0 N–H and O–H groups in total. The first-order chi connectivity index (χ1) is 14.2. The van der Waals surface area contributed by atoms with Gasteiger partial charge in [-0.2, -0.15) is 0 Å². The van der Waals surface area contributed by atoms with Crippen molar-refractivity contribution in [2.24, 2.45) is 5.92 Å². The van der Waals surface area contributed by atoms with Crippen LogP contribution >= 0.6 is 11.3 Å². The number of thiophene rings is 1. The Labute approximate surface area is 176 Å². The van der Waals surface area contributed by atoms with Crippen molar-refractivity contribution in [2.45, 2.75) is 25.8 Å². The first-order valence-electron chi connectivity index (χ1n) is 10.3. The van der Waals surface area contributed by atoms with E-state index in [9.17, 15) is 4.79 Å². The molecule has 1 aliphatic rings. The standard InChI is InChI=1S/C24H27N3OS/c1-19-18-26(15-12-20-8-3-2-4-9-20)16-13-21(19)27(23-11-5-6-14-25-23)24(28)22-10-7-17-29-22/h2-11,14,17,19,21H,12-13,15-16,18H2,1H3/t19-,21-/m1/s1. The molecule has 4 rings (SSSR count). The summed E-state index contributed by atoms with van der Waals surface area (Å²) >= 11 is 1.50. The van der Waals surface area contributed by atoms with Gasteiger partial charge in [-0.15, -0.1) is 11.3 Å². The maximum Gasteiger partial charge on any atom is 0.269 e. The van der Waals surface area contributed by atoms with Gasteiger partial charge in [0.25, 0.3) is 5.91 Å². The van der Waals surface area contributed by atoms with Gasteiger partial charge in [-0.1, -0.05) is 49.4 Å². The summed E-state index contributed by atoms with van der Waals surface area (Å²) in [5.74, 6) is 1.19. The van der Waals surface area contributed by atoms with Crippen LogP contribution in [0.15, 0.2) is 72.2 Å². The van der Waals surface area contributed by atoms with Gasteiger partial charge in [0.15, 0.2) is 0 Å². The lowest BCUT2D eigenvalue weighted by molar-refractivity contribution is 0.0935. The maximum absolute atomic E-state index is 13.3. The number of piperidine rings is 1. The van der Waals surface area contributed by atoms with Crippen molar-refractivity contribution in [3.63, 3.8) is 0 Å². The monoisotopic (exact) mass is 405 g/mol. The van der Waals surface area contributed by atoms with E-state index < -0.39 is 0 Å². The highest BCUT2D eigenvalue weighted by Gasteiger charge is 2.35. The van der Waals surface area contributed by atoms with E-state index in [4.69, 9.17) is 0 Å². The molecule has 29 heavy (non-hydrogen) atoms. The fraction of sp³-hybridized carbons (Fsp3) is 0.333. The minimum absolute atomic E-state index is 0.0632. The topological polar surface area (TPSA) is 36.4 Å². The molecule has 2 atom stereocenters. The summed E-state index contributed by atoms with van der Waals surface area (Å²) in [6.07, 6.45) is 3.80. The molecule has 150 valence electrons. The van der Waals surface area contributed by atoms with E-state index in [1.165, 1.54) is 16.9 Å². The number of hydrogen-bond acceptors (Lipinski definition) is 4. The summed E-state index contributed by atoms with van der Waals surface area (Å²) < 4.78 is 0. The molecule has 1 aromatic carbocycles. The predicted octanol–water partition coefficient (Wildman–Crippen LogP) is 4.74. The van der Waals surface area contributed by atoms with Gasteiger partial charge < -0.3 is 4.90 Å². The molecule has 3 aromatic rings. The van der Waals surface area contributed by atoms with Gasteiger partial charge >= 0.3 is 0 Å². The smallest absolute Gasteiger partial charge is 0.269 e. The lowest BCUT2D eigenvalue weighted by Gasteiger charge is -2.42. The third-order valence-electron chi connectivity index (χ3n) is 5.68. The Morgan fingerprint density at radius 1 is 1.14 bits per heavy atom. The number of likely N-dealkylation sites (tertiary alicyclic amines) is 1. The van der Waals surface area contributed by atoms with Crippen LogP contribution in [0.4, 0.5) is 5.82 Å². The summed E-state index contributed by atoms with van der Waals surface area (Å²) in [6, 6.07) is 20.4. The van der Waals surface area contributed by atoms with E-state index in [2.05, 4.69) is 47.1 Å². The minimum atomic E-state index is 0.0632. The van der Waals surface area contributed by atoms with Crippen molar-refractivity contribution in [3.8, 4) is 0 Å². The second-order valence-corrected chi connectivity index (χ2v) is 8.66. The van der Waals surface area contributed by atoms with E-state index in [0.29, 0.717) is 5.92 Å². The van der Waals surface area contributed by atoms with Gasteiger partial charge in [-0.05, 0) is 47.9 Å². The van der Waals surface area contributed by atoms with E-state index in [1.54, 1.807) is 6.20 Å². The predicted molar refractivity (Wildman–Crippen MR) is 120 cm³/mol. The number of carbonyl (C=O) groups excluding carboxylic acids is 1. The van der Waals surface area contributed by atoms with E-state index >= 15 is 0 Å². The first kappa shape index (κ1) is 19.8. The molecule has 2 aromatic heterocycles. The molecule has 0 bridgehead atoms. The zero-order valence-electron chi connectivity index (χ0n) is 16.8. The Morgan fingerprint density at radius 2 is 1.97 bits per heavy atom. The molecule has 0 saturated carbocycles. The Hall–Kier alpha value is -2.50. The number of anilines is 1. The third-order valence-corrected chi connectivity index (χ3v) is 6.54. The van der Waals surface area contributed by atoms with Crippen molar-refractivity contribution in [1.82, 2.24) is 9.88 Å². The van der Waals surface area contributed by atoms with Gasteiger partial charge in [-0.25, -0.2) is 4.98 Å². The molecule has 0 radical (unpaired) electrons. The van der Waals surface area contributed by atoms with Gasteiger partial charge in [0.2, 0.25) is 0 Å². The van der Waals surface area contributed by atoms with Crippen molar-refractivity contribution < 1.29 is 4.79 Å². The largest absolute Gasteiger partial charge is 0.303 e. The summed E-state index contributed by atoms with van der Waals surface area (Å²) in [5, 5.41) is 1.96. The Kier molecular flexibility index (Phi) is 6.37. The molecule has 0 unspecified atom stereocenters. The highest BCUT2D eigenvalue weighted by atomic mass is 32.1. The molecule has 0 aliphatic carbocycles. The molecular weight excluding hydrogens is 378 g/mol. The zero-order chi connectivity index (χ0) is 20.1. The summed E-state index contributed by atoms with van der Waals surface area (Å²) in [6.45, 7) is 5.32. The average Bonchev–Trinajstić information content (AvgIpc) is 3.30.